The van der Waals surface area contributed by atoms with E-state index in [2.05, 4.69) is 26.2 Å². The third-order valence-corrected chi connectivity index (χ3v) is 7.93. The molecule has 0 saturated heterocycles. The van der Waals surface area contributed by atoms with Gasteiger partial charge < -0.3 is 31.3 Å². The van der Waals surface area contributed by atoms with Crippen LogP contribution in [-0.4, -0.2) is 41.8 Å². The monoisotopic (exact) mass is 544 g/mol. The quantitative estimate of drug-likeness (QED) is 0.315. The number of aliphatic hydroxyl groups is 1. The molecule has 1 atom stereocenters. The molecule has 184 valence electrons. The molecule has 4 rings (SSSR count). The molecule has 0 radical (unpaired) electrons. The number of hydrogen-bond donors (Lipinski definition) is 1. The lowest BCUT2D eigenvalue weighted by Gasteiger charge is -2.38. The number of thiazole rings is 1. The van der Waals surface area contributed by atoms with E-state index in [0.717, 1.165) is 58.0 Å². The lowest BCUT2D eigenvalue weighted by Crippen LogP contribution is -3.00. The van der Waals surface area contributed by atoms with Crippen LogP contribution in [0.5, 0.6) is 5.75 Å². The maximum absolute atomic E-state index is 12.1. The average molecular weight is 546 g/mol. The number of nitrogens with zero attached hydrogens (tertiary/aromatic N) is 2. The number of ether oxygens (including phenoxy) is 1. The molecule has 1 N–H and O–H groups in total. The number of hydrogen-bond acceptors (Lipinski definition) is 4. The van der Waals surface area contributed by atoms with E-state index in [1.807, 2.05) is 54.7 Å². The first-order valence-electron chi connectivity index (χ1n) is 12.2. The smallest absolute Gasteiger partial charge is 0.147 e. The minimum absolute atomic E-state index is 0. The van der Waals surface area contributed by atoms with Gasteiger partial charge in [-0.3, -0.25) is 0 Å². The van der Waals surface area contributed by atoms with Crippen LogP contribution in [0.1, 0.15) is 54.0 Å². The first-order chi connectivity index (χ1) is 16.0. The highest BCUT2D eigenvalue weighted by Gasteiger charge is 2.42. The molecule has 1 aliphatic carbocycles. The molecule has 1 unspecified atom stereocenters. The minimum Gasteiger partial charge on any atom is -1.00 e. The Hall–Kier alpha value is -1.73. The van der Waals surface area contributed by atoms with Crippen molar-refractivity contribution in [3.05, 3.63) is 82.3 Å². The SMILES string of the molecule is C[N+](C)(CCCOc1ccccc1)Cc1ncc(C(O)(c2ccccc2)C2CCCCC2)s1.[Br-]. The van der Waals surface area contributed by atoms with Gasteiger partial charge in [0.2, 0.25) is 0 Å². The predicted octanol–water partition coefficient (Wildman–Crippen LogP) is 3.01. The Morgan fingerprint density at radius 1 is 1.00 bits per heavy atom. The number of rotatable bonds is 10. The Morgan fingerprint density at radius 3 is 2.32 bits per heavy atom. The van der Waals surface area contributed by atoms with Crippen molar-refractivity contribution in [1.82, 2.24) is 4.98 Å². The molecule has 1 aliphatic rings. The van der Waals surface area contributed by atoms with Gasteiger partial charge >= 0.3 is 0 Å². The highest BCUT2D eigenvalue weighted by molar-refractivity contribution is 7.11. The molecule has 1 heterocycles. The average Bonchev–Trinajstić information content (AvgIpc) is 3.31. The zero-order valence-corrected chi connectivity index (χ0v) is 22.7. The number of aromatic nitrogens is 1. The predicted molar refractivity (Wildman–Crippen MR) is 135 cm³/mol. The summed E-state index contributed by atoms with van der Waals surface area (Å²) in [5.41, 5.74) is 0.0528. The molecule has 3 aromatic rings. The van der Waals surface area contributed by atoms with Gasteiger partial charge in [-0.05, 0) is 36.5 Å². The lowest BCUT2D eigenvalue weighted by atomic mass is 9.73. The molecule has 0 aliphatic heterocycles. The van der Waals surface area contributed by atoms with Gasteiger partial charge in [0.05, 0.1) is 32.1 Å². The number of para-hydroxylation sites is 1. The van der Waals surface area contributed by atoms with Crippen molar-refractivity contribution < 1.29 is 31.3 Å². The topological polar surface area (TPSA) is 42.4 Å². The standard InChI is InChI=1S/C28H37N2O2S.BrH/c1-30(2,19-12-20-32-25-17-10-5-11-18-25)22-27-29-21-26(33-27)28(31,23-13-6-3-7-14-23)24-15-8-4-9-16-24;/h3,5-7,10-11,13-14,17-18,21,24,31H,4,8-9,12,15-16,19-20,22H2,1-2H3;1H/q+1;/p-1. The van der Waals surface area contributed by atoms with Crippen LogP contribution < -0.4 is 21.7 Å². The van der Waals surface area contributed by atoms with Crippen LogP contribution in [0.4, 0.5) is 0 Å². The number of halogens is 1. The van der Waals surface area contributed by atoms with Crippen molar-refractivity contribution in [2.75, 3.05) is 27.2 Å². The molecule has 1 aromatic heterocycles. The molecule has 4 nitrogen and oxygen atoms in total. The Balaban J connectivity index is 0.00000324. The van der Waals surface area contributed by atoms with Crippen LogP contribution >= 0.6 is 11.3 Å². The summed E-state index contributed by atoms with van der Waals surface area (Å²) in [4.78, 5) is 5.76. The fourth-order valence-corrected chi connectivity index (χ4v) is 6.31. The van der Waals surface area contributed by atoms with E-state index in [0.29, 0.717) is 6.61 Å². The fraction of sp³-hybridized carbons (Fsp3) is 0.464. The van der Waals surface area contributed by atoms with Crippen molar-refractivity contribution in [3.8, 4) is 5.75 Å². The zero-order chi connectivity index (χ0) is 23.2. The van der Waals surface area contributed by atoms with Gasteiger partial charge in [0.15, 0.2) is 0 Å². The second kappa shape index (κ2) is 12.3. The van der Waals surface area contributed by atoms with E-state index in [1.165, 1.54) is 19.3 Å². The maximum atomic E-state index is 12.1. The molecule has 6 heteroatoms. The van der Waals surface area contributed by atoms with Crippen LogP contribution in [0.3, 0.4) is 0 Å². The third kappa shape index (κ3) is 6.69. The van der Waals surface area contributed by atoms with E-state index >= 15 is 0 Å². The zero-order valence-electron chi connectivity index (χ0n) is 20.3. The van der Waals surface area contributed by atoms with Crippen molar-refractivity contribution in [2.45, 2.75) is 50.7 Å². The van der Waals surface area contributed by atoms with E-state index in [1.54, 1.807) is 11.3 Å². The normalized spacial score (nSPS) is 16.4. The van der Waals surface area contributed by atoms with Gasteiger partial charge in [0, 0.05) is 12.6 Å². The molecular formula is C28H37BrN2O2S. The van der Waals surface area contributed by atoms with Crippen molar-refractivity contribution >= 4 is 11.3 Å². The van der Waals surface area contributed by atoms with Gasteiger partial charge in [-0.2, -0.15) is 0 Å². The van der Waals surface area contributed by atoms with Gasteiger partial charge in [-0.25, -0.2) is 4.98 Å². The number of quaternary nitrogens is 1. The molecule has 2 aromatic carbocycles. The van der Waals surface area contributed by atoms with Crippen LogP contribution in [0.25, 0.3) is 0 Å². The van der Waals surface area contributed by atoms with Gasteiger partial charge in [-0.1, -0.05) is 67.8 Å². The highest BCUT2D eigenvalue weighted by Crippen LogP contribution is 2.45. The summed E-state index contributed by atoms with van der Waals surface area (Å²) in [7, 11) is 4.49. The first kappa shape index (κ1) is 26.9. The van der Waals surface area contributed by atoms with Crippen LogP contribution in [0.2, 0.25) is 0 Å². The lowest BCUT2D eigenvalue weighted by molar-refractivity contribution is -0.903. The Kier molecular flexibility index (Phi) is 9.72. The second-order valence-electron chi connectivity index (χ2n) is 9.92. The Bertz CT molecular complexity index is 990. The Labute approximate surface area is 219 Å². The van der Waals surface area contributed by atoms with Crippen LogP contribution in [-0.2, 0) is 12.1 Å². The summed E-state index contributed by atoms with van der Waals surface area (Å²) in [6, 6.07) is 20.2. The van der Waals surface area contributed by atoms with Gasteiger partial charge in [0.1, 0.15) is 22.9 Å². The summed E-state index contributed by atoms with van der Waals surface area (Å²) in [5, 5.41) is 13.2. The molecule has 34 heavy (non-hydrogen) atoms. The first-order valence-corrected chi connectivity index (χ1v) is 13.0. The van der Waals surface area contributed by atoms with Gasteiger partial charge in [0.25, 0.3) is 0 Å². The molecule has 0 amide bonds. The summed E-state index contributed by atoms with van der Waals surface area (Å²) < 4.78 is 6.71. The van der Waals surface area contributed by atoms with E-state index in [4.69, 9.17) is 9.72 Å². The summed E-state index contributed by atoms with van der Waals surface area (Å²) >= 11 is 1.68. The van der Waals surface area contributed by atoms with E-state index in [-0.39, 0.29) is 22.9 Å². The molecule has 0 bridgehead atoms. The minimum atomic E-state index is -0.946. The highest BCUT2D eigenvalue weighted by atomic mass is 79.9. The second-order valence-corrected chi connectivity index (χ2v) is 11.0. The van der Waals surface area contributed by atoms with Crippen LogP contribution in [0, 0.1) is 5.92 Å². The summed E-state index contributed by atoms with van der Waals surface area (Å²) in [6.45, 7) is 2.57. The molecule has 0 spiro atoms. The van der Waals surface area contributed by atoms with Crippen molar-refractivity contribution in [3.63, 3.8) is 0 Å². The fourth-order valence-electron chi connectivity index (χ4n) is 5.00. The maximum Gasteiger partial charge on any atom is 0.147 e. The third-order valence-electron chi connectivity index (χ3n) is 6.82. The summed E-state index contributed by atoms with van der Waals surface area (Å²) in [6.07, 6.45) is 8.72. The molecular weight excluding hydrogens is 508 g/mol. The van der Waals surface area contributed by atoms with E-state index < -0.39 is 5.60 Å². The van der Waals surface area contributed by atoms with Crippen molar-refractivity contribution in [2.24, 2.45) is 5.92 Å². The largest absolute Gasteiger partial charge is 1.00 e. The summed E-state index contributed by atoms with van der Waals surface area (Å²) in [5.74, 6) is 1.18. The van der Waals surface area contributed by atoms with E-state index in [9.17, 15) is 5.11 Å². The van der Waals surface area contributed by atoms with Gasteiger partial charge in [-0.15, -0.1) is 11.3 Å². The van der Waals surface area contributed by atoms with Crippen molar-refractivity contribution in [1.29, 1.82) is 0 Å². The van der Waals surface area contributed by atoms with Crippen LogP contribution in [0.15, 0.2) is 66.9 Å². The Morgan fingerprint density at radius 2 is 1.65 bits per heavy atom. The molecule has 1 saturated carbocycles. The number of benzene rings is 2. The molecule has 1 fully saturated rings.